The molecule has 0 fully saturated rings. The third kappa shape index (κ3) is 8.25. The number of aryl methyl sites for hydroxylation is 2. The van der Waals surface area contributed by atoms with Crippen LogP contribution >= 0.6 is 0 Å². The molecular formula is C24H34N2O4S. The van der Waals surface area contributed by atoms with Crippen molar-refractivity contribution in [3.8, 4) is 5.75 Å². The number of hydrogen-bond donors (Lipinski definition) is 1. The van der Waals surface area contributed by atoms with Gasteiger partial charge in [0, 0.05) is 13.0 Å². The summed E-state index contributed by atoms with van der Waals surface area (Å²) in [5.41, 5.74) is 2.94. The van der Waals surface area contributed by atoms with Crippen LogP contribution in [0.3, 0.4) is 0 Å². The van der Waals surface area contributed by atoms with Crippen LogP contribution in [-0.4, -0.2) is 40.3 Å². The summed E-state index contributed by atoms with van der Waals surface area (Å²) in [7, 11) is -3.43. The van der Waals surface area contributed by atoms with Crippen molar-refractivity contribution in [3.63, 3.8) is 0 Å². The Kier molecular flexibility index (Phi) is 9.85. The van der Waals surface area contributed by atoms with E-state index in [9.17, 15) is 13.2 Å². The molecule has 1 amide bonds. The van der Waals surface area contributed by atoms with E-state index in [0.717, 1.165) is 30.6 Å². The van der Waals surface area contributed by atoms with Crippen LogP contribution in [0.1, 0.15) is 44.2 Å². The van der Waals surface area contributed by atoms with Gasteiger partial charge in [0.2, 0.25) is 15.9 Å². The summed E-state index contributed by atoms with van der Waals surface area (Å²) in [5, 5.41) is 2.83. The summed E-state index contributed by atoms with van der Waals surface area (Å²) in [5.74, 6) is 0.673. The molecule has 0 aliphatic heterocycles. The van der Waals surface area contributed by atoms with E-state index in [1.807, 2.05) is 43.3 Å². The van der Waals surface area contributed by atoms with Crippen LogP contribution < -0.4 is 14.4 Å². The van der Waals surface area contributed by atoms with E-state index >= 15 is 0 Å². The average molecular weight is 447 g/mol. The second-order valence-electron chi connectivity index (χ2n) is 7.51. The lowest BCUT2D eigenvalue weighted by Gasteiger charge is -2.24. The molecule has 0 saturated heterocycles. The van der Waals surface area contributed by atoms with E-state index in [0.29, 0.717) is 25.3 Å². The predicted octanol–water partition coefficient (Wildman–Crippen LogP) is 3.94. The fourth-order valence-corrected chi connectivity index (χ4v) is 4.39. The van der Waals surface area contributed by atoms with Crippen LogP contribution in [-0.2, 0) is 27.7 Å². The summed E-state index contributed by atoms with van der Waals surface area (Å²) in [4.78, 5) is 12.1. The molecular weight excluding hydrogens is 412 g/mol. The van der Waals surface area contributed by atoms with Crippen LogP contribution in [0.5, 0.6) is 5.75 Å². The Balaban J connectivity index is 1.75. The number of ether oxygens (including phenoxy) is 1. The fraction of sp³-hybridized carbons (Fsp3) is 0.458. The van der Waals surface area contributed by atoms with Crippen LogP contribution in [0.15, 0.2) is 48.5 Å². The molecule has 0 atom stereocenters. The molecule has 31 heavy (non-hydrogen) atoms. The number of para-hydroxylation sites is 1. The van der Waals surface area contributed by atoms with Gasteiger partial charge in [-0.3, -0.25) is 9.10 Å². The molecule has 0 aromatic heterocycles. The minimum Gasteiger partial charge on any atom is -0.492 e. The summed E-state index contributed by atoms with van der Waals surface area (Å²) in [6.07, 6.45) is 4.80. The largest absolute Gasteiger partial charge is 0.492 e. The maximum atomic E-state index is 12.3. The number of nitrogens with one attached hydrogen (secondary N) is 1. The second-order valence-corrected chi connectivity index (χ2v) is 9.42. The molecule has 7 heteroatoms. The highest BCUT2D eigenvalue weighted by molar-refractivity contribution is 7.92. The van der Waals surface area contributed by atoms with Crippen LogP contribution in [0.25, 0.3) is 0 Å². The van der Waals surface area contributed by atoms with Gasteiger partial charge in [0.15, 0.2) is 0 Å². The number of nitrogens with zero attached hydrogens (tertiary/aromatic N) is 1. The molecule has 0 unspecified atom stereocenters. The van der Waals surface area contributed by atoms with Crippen molar-refractivity contribution in [2.75, 3.05) is 30.3 Å². The minimum absolute atomic E-state index is 0.112. The zero-order chi connectivity index (χ0) is 22.7. The lowest BCUT2D eigenvalue weighted by Crippen LogP contribution is -2.33. The van der Waals surface area contributed by atoms with Gasteiger partial charge in [-0.15, -0.1) is 0 Å². The van der Waals surface area contributed by atoms with Gasteiger partial charge in [-0.1, -0.05) is 50.6 Å². The molecule has 6 nitrogen and oxygen atoms in total. The Bertz CT molecular complexity index is 927. The van der Waals surface area contributed by atoms with Gasteiger partial charge in [0.1, 0.15) is 12.4 Å². The molecule has 0 aliphatic rings. The lowest BCUT2D eigenvalue weighted by molar-refractivity contribution is -0.121. The topological polar surface area (TPSA) is 75.7 Å². The van der Waals surface area contributed by atoms with Gasteiger partial charge in [0.05, 0.1) is 18.5 Å². The monoisotopic (exact) mass is 446 g/mol. The Hall–Kier alpha value is -2.54. The lowest BCUT2D eigenvalue weighted by atomic mass is 10.1. The highest BCUT2D eigenvalue weighted by Crippen LogP contribution is 2.23. The summed E-state index contributed by atoms with van der Waals surface area (Å²) < 4.78 is 31.6. The first-order valence-electron chi connectivity index (χ1n) is 10.9. The van der Waals surface area contributed by atoms with Crippen molar-refractivity contribution < 1.29 is 17.9 Å². The first kappa shape index (κ1) is 24.7. The molecule has 0 aliphatic carbocycles. The number of amides is 1. The Morgan fingerprint density at radius 1 is 1.06 bits per heavy atom. The fourth-order valence-electron chi connectivity index (χ4n) is 3.39. The Labute approximate surface area is 186 Å². The standard InChI is InChI=1S/C24H34N2O4S/c1-4-9-20-13-15-22(16-14-20)30-19-17-25-24(27)12-8-18-26(31(3,28)29)23-11-7-6-10-21(23)5-2/h6-7,10-11,13-16H,4-5,8-9,12,17-19H2,1-3H3,(H,25,27). The second kappa shape index (κ2) is 12.3. The van der Waals surface area contributed by atoms with E-state index in [-0.39, 0.29) is 18.9 Å². The van der Waals surface area contributed by atoms with Crippen molar-refractivity contribution in [1.29, 1.82) is 0 Å². The van der Waals surface area contributed by atoms with Crippen molar-refractivity contribution in [2.45, 2.75) is 46.0 Å². The number of sulfonamides is 1. The van der Waals surface area contributed by atoms with E-state index in [4.69, 9.17) is 4.74 Å². The first-order valence-corrected chi connectivity index (χ1v) is 12.7. The van der Waals surface area contributed by atoms with Crippen molar-refractivity contribution in [2.24, 2.45) is 0 Å². The Morgan fingerprint density at radius 3 is 2.42 bits per heavy atom. The van der Waals surface area contributed by atoms with E-state index in [1.165, 1.54) is 16.1 Å². The first-order chi connectivity index (χ1) is 14.8. The molecule has 0 spiro atoms. The molecule has 2 rings (SSSR count). The van der Waals surface area contributed by atoms with Gasteiger partial charge in [-0.2, -0.15) is 0 Å². The minimum atomic E-state index is -3.43. The third-order valence-corrected chi connectivity index (χ3v) is 6.14. The van der Waals surface area contributed by atoms with Crippen LogP contribution in [0.2, 0.25) is 0 Å². The van der Waals surface area contributed by atoms with Crippen LogP contribution in [0, 0.1) is 0 Å². The van der Waals surface area contributed by atoms with E-state index in [2.05, 4.69) is 24.4 Å². The highest BCUT2D eigenvalue weighted by atomic mass is 32.2. The third-order valence-electron chi connectivity index (χ3n) is 4.96. The van der Waals surface area contributed by atoms with Gasteiger partial charge in [-0.05, 0) is 48.6 Å². The smallest absolute Gasteiger partial charge is 0.232 e. The average Bonchev–Trinajstić information content (AvgIpc) is 2.75. The van der Waals surface area contributed by atoms with Gasteiger partial charge < -0.3 is 10.1 Å². The number of rotatable bonds is 13. The number of benzene rings is 2. The normalized spacial score (nSPS) is 11.2. The number of carbonyl (C=O) groups excluding carboxylic acids is 1. The quantitative estimate of drug-likeness (QED) is 0.473. The van der Waals surface area contributed by atoms with Crippen LogP contribution in [0.4, 0.5) is 5.69 Å². The van der Waals surface area contributed by atoms with E-state index in [1.54, 1.807) is 0 Å². The van der Waals surface area contributed by atoms with Crippen molar-refractivity contribution in [1.82, 2.24) is 5.32 Å². The molecule has 2 aromatic rings. The summed E-state index contributed by atoms with van der Waals surface area (Å²) >= 11 is 0. The maximum Gasteiger partial charge on any atom is 0.232 e. The van der Waals surface area contributed by atoms with Crippen molar-refractivity contribution in [3.05, 3.63) is 59.7 Å². The molecule has 0 saturated carbocycles. The van der Waals surface area contributed by atoms with E-state index < -0.39 is 10.0 Å². The van der Waals surface area contributed by atoms with Gasteiger partial charge in [-0.25, -0.2) is 8.42 Å². The predicted molar refractivity (Wildman–Crippen MR) is 126 cm³/mol. The molecule has 0 radical (unpaired) electrons. The molecule has 0 heterocycles. The maximum absolute atomic E-state index is 12.3. The van der Waals surface area contributed by atoms with Crippen molar-refractivity contribution >= 4 is 21.6 Å². The highest BCUT2D eigenvalue weighted by Gasteiger charge is 2.19. The number of hydrogen-bond acceptors (Lipinski definition) is 4. The summed E-state index contributed by atoms with van der Waals surface area (Å²) in [6, 6.07) is 15.5. The van der Waals surface area contributed by atoms with Gasteiger partial charge >= 0.3 is 0 Å². The van der Waals surface area contributed by atoms with Gasteiger partial charge in [0.25, 0.3) is 0 Å². The Morgan fingerprint density at radius 2 is 1.77 bits per heavy atom. The summed E-state index contributed by atoms with van der Waals surface area (Å²) in [6.45, 7) is 5.20. The molecule has 2 aromatic carbocycles. The SMILES string of the molecule is CCCc1ccc(OCCNC(=O)CCCN(c2ccccc2CC)S(C)(=O)=O)cc1. The molecule has 1 N–H and O–H groups in total. The molecule has 170 valence electrons. The zero-order valence-electron chi connectivity index (χ0n) is 18.8. The molecule has 0 bridgehead atoms. The number of carbonyl (C=O) groups is 1. The zero-order valence-corrected chi connectivity index (χ0v) is 19.6. The number of anilines is 1.